The quantitative estimate of drug-likeness (QED) is 0.582. The predicted molar refractivity (Wildman–Crippen MR) is 89.9 cm³/mol. The van der Waals surface area contributed by atoms with Gasteiger partial charge in [0.05, 0.1) is 5.52 Å². The molecule has 2 heterocycles. The molecule has 0 saturated heterocycles. The first-order valence-corrected chi connectivity index (χ1v) is 7.61. The minimum atomic E-state index is -0.196. The van der Waals surface area contributed by atoms with Gasteiger partial charge >= 0.3 is 0 Å². The molecule has 2 aromatic carbocycles. The van der Waals surface area contributed by atoms with Gasteiger partial charge in [0, 0.05) is 24.7 Å². The van der Waals surface area contributed by atoms with E-state index in [1.54, 1.807) is 16.8 Å². The number of anilines is 1. The van der Waals surface area contributed by atoms with Crippen LogP contribution in [-0.4, -0.2) is 41.5 Å². The van der Waals surface area contributed by atoms with Gasteiger partial charge in [-0.25, -0.2) is 4.68 Å². The monoisotopic (exact) mass is 334 g/mol. The summed E-state index contributed by atoms with van der Waals surface area (Å²) in [6.07, 6.45) is 0.577. The molecule has 0 fully saturated rings. The van der Waals surface area contributed by atoms with Crippen molar-refractivity contribution in [3.05, 3.63) is 59.4 Å². The van der Waals surface area contributed by atoms with Crippen molar-refractivity contribution in [2.45, 2.75) is 6.42 Å². The van der Waals surface area contributed by atoms with Crippen molar-refractivity contribution in [3.8, 4) is 0 Å². The summed E-state index contributed by atoms with van der Waals surface area (Å²) in [6, 6.07) is 12.8. The maximum absolute atomic E-state index is 12.4. The van der Waals surface area contributed by atoms with E-state index in [0.717, 1.165) is 11.1 Å². The van der Waals surface area contributed by atoms with Crippen LogP contribution in [0.5, 0.6) is 0 Å². The molecule has 1 amide bonds. The molecule has 0 aliphatic rings. The highest BCUT2D eigenvalue weighted by atomic mass is 16.1. The number of hydrogen-bond donors (Lipinski definition) is 2. The van der Waals surface area contributed by atoms with Crippen LogP contribution in [0.4, 0.5) is 5.69 Å². The minimum absolute atomic E-state index is 0.196. The third-order valence-corrected chi connectivity index (χ3v) is 3.84. The number of nitrogens with zero attached hydrogens (tertiary/aromatic N) is 6. The summed E-state index contributed by atoms with van der Waals surface area (Å²) in [4.78, 5) is 12.4. The fraction of sp³-hybridized carbons (Fsp3) is 0.125. The number of hydrogen-bond acceptors (Lipinski definition) is 6. The molecule has 2 N–H and O–H groups in total. The van der Waals surface area contributed by atoms with Crippen molar-refractivity contribution in [1.82, 2.24) is 35.6 Å². The molecule has 9 heteroatoms. The second-order valence-corrected chi connectivity index (χ2v) is 5.57. The van der Waals surface area contributed by atoms with E-state index in [4.69, 9.17) is 0 Å². The van der Waals surface area contributed by atoms with E-state index in [9.17, 15) is 4.79 Å². The molecule has 0 saturated carbocycles. The Morgan fingerprint density at radius 3 is 2.76 bits per heavy atom. The predicted octanol–water partition coefficient (Wildman–Crippen LogP) is 1.32. The molecule has 4 aromatic rings. The second kappa shape index (κ2) is 6.11. The third-order valence-electron chi connectivity index (χ3n) is 3.84. The van der Waals surface area contributed by atoms with Crippen LogP contribution in [0.25, 0.3) is 11.0 Å². The van der Waals surface area contributed by atoms with Gasteiger partial charge in [0.25, 0.3) is 5.91 Å². The molecular formula is C16H14N8O. The summed E-state index contributed by atoms with van der Waals surface area (Å²) in [5.74, 6) is 0.424. The van der Waals surface area contributed by atoms with Crippen LogP contribution in [0.1, 0.15) is 21.7 Å². The van der Waals surface area contributed by atoms with Crippen molar-refractivity contribution in [1.29, 1.82) is 0 Å². The van der Waals surface area contributed by atoms with E-state index in [2.05, 4.69) is 36.3 Å². The van der Waals surface area contributed by atoms with Gasteiger partial charge in [0.15, 0.2) is 5.82 Å². The van der Waals surface area contributed by atoms with Crippen LogP contribution in [0.15, 0.2) is 42.5 Å². The molecule has 0 aliphatic heterocycles. The Bertz CT molecular complexity index is 1020. The van der Waals surface area contributed by atoms with Gasteiger partial charge in [0.2, 0.25) is 0 Å². The van der Waals surface area contributed by atoms with Gasteiger partial charge in [-0.15, -0.1) is 15.3 Å². The first kappa shape index (κ1) is 14.9. The number of aromatic nitrogens is 7. The number of aromatic amines is 1. The first-order chi connectivity index (χ1) is 12.2. The van der Waals surface area contributed by atoms with Crippen LogP contribution >= 0.6 is 0 Å². The highest BCUT2D eigenvalue weighted by molar-refractivity contribution is 6.05. The summed E-state index contributed by atoms with van der Waals surface area (Å²) < 4.78 is 1.67. The molecular weight excluding hydrogens is 320 g/mol. The van der Waals surface area contributed by atoms with E-state index in [1.807, 2.05) is 37.4 Å². The summed E-state index contributed by atoms with van der Waals surface area (Å²) in [5, 5.41) is 24.6. The molecule has 0 radical (unpaired) electrons. The smallest absolute Gasteiger partial charge is 0.255 e. The van der Waals surface area contributed by atoms with E-state index < -0.39 is 0 Å². The lowest BCUT2D eigenvalue weighted by molar-refractivity contribution is 0.102. The summed E-state index contributed by atoms with van der Waals surface area (Å²) >= 11 is 0. The van der Waals surface area contributed by atoms with Crippen molar-refractivity contribution >= 4 is 22.6 Å². The lowest BCUT2D eigenvalue weighted by Gasteiger charge is -2.06. The number of carbonyl (C=O) groups excluding carboxylic acids is 1. The second-order valence-electron chi connectivity index (χ2n) is 5.57. The molecule has 2 aromatic heterocycles. The topological polar surface area (TPSA) is 114 Å². The zero-order valence-electron chi connectivity index (χ0n) is 13.3. The van der Waals surface area contributed by atoms with Gasteiger partial charge in [-0.05, 0) is 35.9 Å². The lowest BCUT2D eigenvalue weighted by atomic mass is 10.1. The Labute approximate surface area is 142 Å². The zero-order chi connectivity index (χ0) is 17.2. The number of H-pyrrole nitrogens is 1. The number of aryl methyl sites for hydroxylation is 1. The molecule has 124 valence electrons. The van der Waals surface area contributed by atoms with Crippen molar-refractivity contribution < 1.29 is 4.79 Å². The van der Waals surface area contributed by atoms with Crippen molar-refractivity contribution in [2.24, 2.45) is 7.05 Å². The van der Waals surface area contributed by atoms with Crippen LogP contribution in [-0.2, 0) is 13.5 Å². The number of nitrogens with one attached hydrogen (secondary N) is 2. The minimum Gasteiger partial charge on any atom is -0.322 e. The molecule has 4 rings (SSSR count). The highest BCUT2D eigenvalue weighted by Crippen LogP contribution is 2.16. The molecule has 0 bridgehead atoms. The van der Waals surface area contributed by atoms with Crippen LogP contribution in [0.3, 0.4) is 0 Å². The molecule has 0 unspecified atom stereocenters. The van der Waals surface area contributed by atoms with E-state index in [0.29, 0.717) is 29.0 Å². The van der Waals surface area contributed by atoms with E-state index >= 15 is 0 Å². The maximum Gasteiger partial charge on any atom is 0.255 e. The largest absolute Gasteiger partial charge is 0.322 e. The van der Waals surface area contributed by atoms with Crippen molar-refractivity contribution in [3.63, 3.8) is 0 Å². The number of fused-ring (bicyclic) bond motifs is 1. The van der Waals surface area contributed by atoms with Crippen molar-refractivity contribution in [2.75, 3.05) is 5.32 Å². The average Bonchev–Trinajstić information content (AvgIpc) is 3.26. The number of rotatable bonds is 4. The SMILES string of the molecule is Cn1nnc2cc(C(=O)Nc3ccc(Cc4nn[nH]n4)cc3)ccc21. The van der Waals surface area contributed by atoms with Crippen LogP contribution in [0, 0.1) is 0 Å². The number of carbonyl (C=O) groups is 1. The maximum atomic E-state index is 12.4. The fourth-order valence-corrected chi connectivity index (χ4v) is 2.53. The Morgan fingerprint density at radius 2 is 2.00 bits per heavy atom. The normalized spacial score (nSPS) is 10.9. The molecule has 0 spiro atoms. The molecule has 25 heavy (non-hydrogen) atoms. The molecule has 9 nitrogen and oxygen atoms in total. The van der Waals surface area contributed by atoms with Gasteiger partial charge in [0.1, 0.15) is 5.52 Å². The summed E-state index contributed by atoms with van der Waals surface area (Å²) in [7, 11) is 1.81. The lowest BCUT2D eigenvalue weighted by Crippen LogP contribution is -2.11. The molecule has 0 aliphatic carbocycles. The zero-order valence-corrected chi connectivity index (χ0v) is 13.3. The highest BCUT2D eigenvalue weighted by Gasteiger charge is 2.10. The van der Waals surface area contributed by atoms with Crippen LogP contribution in [0.2, 0.25) is 0 Å². The Morgan fingerprint density at radius 1 is 1.16 bits per heavy atom. The molecule has 0 atom stereocenters. The number of amides is 1. The standard InChI is InChI=1S/C16H14N8O/c1-24-14-7-4-11(9-13(14)18-23-24)16(25)17-12-5-2-10(3-6-12)8-15-19-21-22-20-15/h2-7,9H,8H2,1H3,(H,17,25)(H,19,20,21,22). The van der Waals surface area contributed by atoms with E-state index in [1.165, 1.54) is 0 Å². The Hall–Kier alpha value is -3.62. The Balaban J connectivity index is 1.47. The summed E-state index contributed by atoms with van der Waals surface area (Å²) in [6.45, 7) is 0. The summed E-state index contributed by atoms with van der Waals surface area (Å²) in [5.41, 5.74) is 3.83. The Kier molecular flexibility index (Phi) is 3.65. The van der Waals surface area contributed by atoms with Gasteiger partial charge in [-0.2, -0.15) is 5.21 Å². The number of benzene rings is 2. The van der Waals surface area contributed by atoms with Crippen LogP contribution < -0.4 is 5.32 Å². The average molecular weight is 334 g/mol. The van der Waals surface area contributed by atoms with E-state index in [-0.39, 0.29) is 5.91 Å². The fourth-order valence-electron chi connectivity index (χ4n) is 2.53. The number of tetrazole rings is 1. The van der Waals surface area contributed by atoms with Gasteiger partial charge in [-0.3, -0.25) is 4.79 Å². The van der Waals surface area contributed by atoms with Gasteiger partial charge < -0.3 is 5.32 Å². The third kappa shape index (κ3) is 3.07. The first-order valence-electron chi connectivity index (χ1n) is 7.61. The van der Waals surface area contributed by atoms with Gasteiger partial charge in [-0.1, -0.05) is 22.6 Å².